The zero-order chi connectivity index (χ0) is 37.0. The Morgan fingerprint density at radius 2 is 0.804 bits per heavy atom. The third-order valence-corrected chi connectivity index (χ3v) is 10.8. The lowest BCUT2D eigenvalue weighted by atomic mass is 9.97. The Kier molecular flexibility index (Phi) is 7.42. The number of aromatic nitrogens is 5. The predicted octanol–water partition coefficient (Wildman–Crippen LogP) is 12.7. The van der Waals surface area contributed by atoms with Crippen LogP contribution in [0.5, 0.6) is 0 Å². The van der Waals surface area contributed by atoms with Crippen LogP contribution < -0.4 is 0 Å². The molecule has 0 saturated carbocycles. The number of hydrogen-bond acceptors (Lipinski definition) is 3. The first-order chi connectivity index (χ1) is 27.8. The van der Waals surface area contributed by atoms with E-state index in [1.807, 2.05) is 36.4 Å². The maximum Gasteiger partial charge on any atom is 0.166 e. The summed E-state index contributed by atoms with van der Waals surface area (Å²) < 4.78 is 4.74. The minimum absolute atomic E-state index is 0.627. The van der Waals surface area contributed by atoms with E-state index in [9.17, 15) is 0 Å². The zero-order valence-corrected chi connectivity index (χ0v) is 30.3. The van der Waals surface area contributed by atoms with Gasteiger partial charge < -0.3 is 9.13 Å². The fourth-order valence-corrected chi connectivity index (χ4v) is 8.31. The van der Waals surface area contributed by atoms with Gasteiger partial charge in [-0.2, -0.15) is 0 Å². The van der Waals surface area contributed by atoms with Crippen LogP contribution in [-0.2, 0) is 0 Å². The summed E-state index contributed by atoms with van der Waals surface area (Å²) in [6.07, 6.45) is 0. The third-order valence-electron chi connectivity index (χ3n) is 10.8. The normalized spacial score (nSPS) is 11.6. The summed E-state index contributed by atoms with van der Waals surface area (Å²) in [5, 5.41) is 4.76. The SMILES string of the molecule is c1ccc(-c2nc(-c3ccccc3)nc(-c3cccc4c5cc(-c6cccc7c6c6ccccc6n7-c6ccccc6)ccc5n(-c5ccccc5)c34)n2)cc1. The van der Waals surface area contributed by atoms with Gasteiger partial charge in [0.05, 0.1) is 22.1 Å². The van der Waals surface area contributed by atoms with Crippen LogP contribution in [0.1, 0.15) is 0 Å². The molecule has 3 aromatic heterocycles. The van der Waals surface area contributed by atoms with Crippen LogP contribution in [0, 0.1) is 0 Å². The molecule has 5 heteroatoms. The number of fused-ring (bicyclic) bond motifs is 6. The number of rotatable bonds is 6. The molecular weight excluding hydrogens is 683 g/mol. The Labute approximate surface area is 323 Å². The van der Waals surface area contributed by atoms with Gasteiger partial charge in [0.25, 0.3) is 0 Å². The van der Waals surface area contributed by atoms with E-state index < -0.39 is 0 Å². The second-order valence-electron chi connectivity index (χ2n) is 14.0. The Hall–Kier alpha value is -7.63. The molecule has 11 rings (SSSR count). The van der Waals surface area contributed by atoms with Crippen LogP contribution in [0.3, 0.4) is 0 Å². The van der Waals surface area contributed by atoms with Crippen LogP contribution in [0.25, 0.3) is 100 Å². The number of nitrogens with zero attached hydrogens (tertiary/aromatic N) is 5. The molecule has 0 spiro atoms. The highest BCUT2D eigenvalue weighted by atomic mass is 15.0. The first kappa shape index (κ1) is 31.9. The molecule has 0 radical (unpaired) electrons. The molecule has 0 fully saturated rings. The molecule has 5 nitrogen and oxygen atoms in total. The van der Waals surface area contributed by atoms with Gasteiger partial charge in [0, 0.05) is 49.6 Å². The fourth-order valence-electron chi connectivity index (χ4n) is 8.31. The van der Waals surface area contributed by atoms with Gasteiger partial charge in [0.2, 0.25) is 0 Å². The fraction of sp³-hybridized carbons (Fsp3) is 0. The first-order valence-electron chi connectivity index (χ1n) is 18.9. The highest BCUT2D eigenvalue weighted by Crippen LogP contribution is 2.42. The molecular formula is C51H33N5. The summed E-state index contributed by atoms with van der Waals surface area (Å²) in [6, 6.07) is 70.3. The average Bonchev–Trinajstić information content (AvgIpc) is 3.80. The van der Waals surface area contributed by atoms with Crippen LogP contribution in [0.15, 0.2) is 200 Å². The van der Waals surface area contributed by atoms with E-state index in [4.69, 9.17) is 15.0 Å². The van der Waals surface area contributed by atoms with Gasteiger partial charge in [-0.15, -0.1) is 0 Å². The van der Waals surface area contributed by atoms with Crippen molar-refractivity contribution in [3.63, 3.8) is 0 Å². The second-order valence-corrected chi connectivity index (χ2v) is 14.0. The van der Waals surface area contributed by atoms with Gasteiger partial charge in [0.15, 0.2) is 17.5 Å². The summed E-state index contributed by atoms with van der Waals surface area (Å²) in [5.74, 6) is 1.90. The van der Waals surface area contributed by atoms with Crippen molar-refractivity contribution in [3.05, 3.63) is 200 Å². The molecule has 8 aromatic carbocycles. The standard InChI is InChI=1S/C51H33N5/c1-5-17-34(18-6-1)49-52-50(35-19-7-2-8-20-35)54-51(53-49)42-28-15-27-40-43-33-36(31-32-45(43)56(48(40)42)38-23-11-4-12-24-38)39-26-16-30-46-47(39)41-25-13-14-29-44(41)55(46)37-21-9-3-10-22-37/h1-33H. The lowest BCUT2D eigenvalue weighted by Gasteiger charge is -2.12. The van der Waals surface area contributed by atoms with Gasteiger partial charge in [-0.3, -0.25) is 0 Å². The third kappa shape index (κ3) is 5.13. The minimum atomic E-state index is 0.627. The molecule has 0 atom stereocenters. The van der Waals surface area contributed by atoms with Crippen molar-refractivity contribution in [1.82, 2.24) is 24.1 Å². The topological polar surface area (TPSA) is 48.5 Å². The molecule has 0 aliphatic carbocycles. The Bertz CT molecular complexity index is 3160. The highest BCUT2D eigenvalue weighted by molar-refractivity contribution is 6.18. The van der Waals surface area contributed by atoms with E-state index in [0.29, 0.717) is 17.5 Å². The Balaban J connectivity index is 1.18. The number of benzene rings is 8. The van der Waals surface area contributed by atoms with E-state index in [1.54, 1.807) is 0 Å². The van der Waals surface area contributed by atoms with Crippen molar-refractivity contribution in [3.8, 4) is 56.7 Å². The summed E-state index contributed by atoms with van der Waals surface area (Å²) in [7, 11) is 0. The van der Waals surface area contributed by atoms with E-state index in [1.165, 1.54) is 27.4 Å². The van der Waals surface area contributed by atoms with Crippen molar-refractivity contribution in [2.45, 2.75) is 0 Å². The molecule has 0 bridgehead atoms. The molecule has 0 aliphatic heterocycles. The van der Waals surface area contributed by atoms with Gasteiger partial charge >= 0.3 is 0 Å². The van der Waals surface area contributed by atoms with Gasteiger partial charge in [-0.25, -0.2) is 15.0 Å². The second kappa shape index (κ2) is 13.0. The molecule has 56 heavy (non-hydrogen) atoms. The lowest BCUT2D eigenvalue weighted by molar-refractivity contribution is 1.07. The zero-order valence-electron chi connectivity index (χ0n) is 30.3. The molecule has 0 unspecified atom stereocenters. The molecule has 0 N–H and O–H groups in total. The lowest BCUT2D eigenvalue weighted by Crippen LogP contribution is -2.02. The highest BCUT2D eigenvalue weighted by Gasteiger charge is 2.22. The maximum absolute atomic E-state index is 5.17. The van der Waals surface area contributed by atoms with Gasteiger partial charge in [0.1, 0.15) is 0 Å². The van der Waals surface area contributed by atoms with Crippen molar-refractivity contribution in [2.24, 2.45) is 0 Å². The van der Waals surface area contributed by atoms with E-state index in [2.05, 4.69) is 173 Å². The monoisotopic (exact) mass is 715 g/mol. The van der Waals surface area contributed by atoms with Crippen molar-refractivity contribution >= 4 is 43.6 Å². The molecule has 11 aromatic rings. The van der Waals surface area contributed by atoms with Gasteiger partial charge in [-0.05, 0) is 65.7 Å². The smallest absolute Gasteiger partial charge is 0.166 e. The Morgan fingerprint density at radius 1 is 0.304 bits per heavy atom. The summed E-state index contributed by atoms with van der Waals surface area (Å²) in [5.41, 5.74) is 11.9. The Morgan fingerprint density at radius 3 is 1.48 bits per heavy atom. The van der Waals surface area contributed by atoms with Crippen LogP contribution >= 0.6 is 0 Å². The molecule has 262 valence electrons. The molecule has 0 aliphatic rings. The van der Waals surface area contributed by atoms with Crippen LogP contribution in [0.2, 0.25) is 0 Å². The predicted molar refractivity (Wildman–Crippen MR) is 230 cm³/mol. The number of para-hydroxylation sites is 4. The van der Waals surface area contributed by atoms with Crippen LogP contribution in [-0.4, -0.2) is 24.1 Å². The number of hydrogen-bond donors (Lipinski definition) is 0. The quantitative estimate of drug-likeness (QED) is 0.172. The van der Waals surface area contributed by atoms with E-state index in [0.717, 1.165) is 55.4 Å². The largest absolute Gasteiger partial charge is 0.309 e. The first-order valence-corrected chi connectivity index (χ1v) is 18.9. The summed E-state index contributed by atoms with van der Waals surface area (Å²) in [4.78, 5) is 15.3. The average molecular weight is 716 g/mol. The molecule has 0 saturated heterocycles. The molecule has 3 heterocycles. The maximum atomic E-state index is 5.17. The van der Waals surface area contributed by atoms with Crippen LogP contribution in [0.4, 0.5) is 0 Å². The van der Waals surface area contributed by atoms with E-state index in [-0.39, 0.29) is 0 Å². The van der Waals surface area contributed by atoms with Crippen molar-refractivity contribution < 1.29 is 0 Å². The van der Waals surface area contributed by atoms with Crippen molar-refractivity contribution in [2.75, 3.05) is 0 Å². The molecule has 0 amide bonds. The van der Waals surface area contributed by atoms with Gasteiger partial charge in [-0.1, -0.05) is 146 Å². The summed E-state index contributed by atoms with van der Waals surface area (Å²) >= 11 is 0. The van der Waals surface area contributed by atoms with E-state index >= 15 is 0 Å². The van der Waals surface area contributed by atoms with Crippen molar-refractivity contribution in [1.29, 1.82) is 0 Å². The summed E-state index contributed by atoms with van der Waals surface area (Å²) in [6.45, 7) is 0. The minimum Gasteiger partial charge on any atom is -0.309 e.